The zero-order valence-corrected chi connectivity index (χ0v) is 14.5. The second-order valence-corrected chi connectivity index (χ2v) is 5.29. The van der Waals surface area contributed by atoms with E-state index in [4.69, 9.17) is 11.6 Å². The van der Waals surface area contributed by atoms with Gasteiger partial charge in [-0.2, -0.15) is 0 Å². The Morgan fingerprint density at radius 2 is 2.21 bits per heavy atom. The summed E-state index contributed by atoms with van der Waals surface area (Å²) in [5, 5.41) is 4.19. The Bertz CT molecular complexity index is 432. The Kier molecular flexibility index (Phi) is 6.93. The molecule has 0 unspecified atom stereocenters. The second kappa shape index (κ2) is 7.94. The van der Waals surface area contributed by atoms with Crippen LogP contribution in [-0.2, 0) is 6.54 Å². The van der Waals surface area contributed by atoms with Crippen molar-refractivity contribution in [2.45, 2.75) is 19.4 Å². The van der Waals surface area contributed by atoms with Crippen molar-refractivity contribution in [1.29, 1.82) is 0 Å². The van der Waals surface area contributed by atoms with Crippen molar-refractivity contribution in [2.24, 2.45) is 10.9 Å². The molecule has 0 atom stereocenters. The zero-order chi connectivity index (χ0) is 13.0. The number of hydrogen-bond acceptors (Lipinski definition) is 1. The minimum absolute atomic E-state index is 0. The lowest BCUT2D eigenvalue weighted by Crippen LogP contribution is -2.39. The SMILES string of the molecule is CN=C(NCC1CC1)N(C)Cc1cccc(Cl)c1.I. The van der Waals surface area contributed by atoms with Crippen molar-refractivity contribution < 1.29 is 0 Å². The van der Waals surface area contributed by atoms with Crippen LogP contribution in [0.25, 0.3) is 0 Å². The van der Waals surface area contributed by atoms with Gasteiger partial charge in [-0.3, -0.25) is 4.99 Å². The van der Waals surface area contributed by atoms with Crippen molar-refractivity contribution >= 4 is 41.5 Å². The van der Waals surface area contributed by atoms with Gasteiger partial charge in [0.2, 0.25) is 0 Å². The van der Waals surface area contributed by atoms with Crippen LogP contribution in [0.2, 0.25) is 5.02 Å². The summed E-state index contributed by atoms with van der Waals surface area (Å²) >= 11 is 5.99. The van der Waals surface area contributed by atoms with Crippen molar-refractivity contribution in [2.75, 3.05) is 20.6 Å². The van der Waals surface area contributed by atoms with Gasteiger partial charge in [0.15, 0.2) is 5.96 Å². The molecule has 0 amide bonds. The average molecular weight is 394 g/mol. The molecule has 1 fully saturated rings. The van der Waals surface area contributed by atoms with E-state index in [1.807, 2.05) is 32.3 Å². The fourth-order valence-corrected chi connectivity index (χ4v) is 2.14. The summed E-state index contributed by atoms with van der Waals surface area (Å²) in [7, 11) is 3.87. The predicted octanol–water partition coefficient (Wildman–Crippen LogP) is 3.38. The molecule has 2 rings (SSSR count). The van der Waals surface area contributed by atoms with Crippen LogP contribution in [0.15, 0.2) is 29.3 Å². The Balaban J connectivity index is 0.00000180. The van der Waals surface area contributed by atoms with E-state index >= 15 is 0 Å². The molecule has 3 nitrogen and oxygen atoms in total. The van der Waals surface area contributed by atoms with Crippen molar-refractivity contribution in [1.82, 2.24) is 10.2 Å². The maximum absolute atomic E-state index is 5.99. The first-order valence-corrected chi connectivity index (χ1v) is 6.73. The van der Waals surface area contributed by atoms with Crippen LogP contribution in [0.3, 0.4) is 0 Å². The number of guanidine groups is 1. The normalized spacial score (nSPS) is 14.8. The number of halogens is 2. The molecule has 0 bridgehead atoms. The van der Waals surface area contributed by atoms with Crippen molar-refractivity contribution in [3.63, 3.8) is 0 Å². The molecule has 0 aromatic heterocycles. The van der Waals surface area contributed by atoms with E-state index in [1.54, 1.807) is 0 Å². The van der Waals surface area contributed by atoms with Crippen LogP contribution < -0.4 is 5.32 Å². The van der Waals surface area contributed by atoms with Gasteiger partial charge in [-0.05, 0) is 36.5 Å². The summed E-state index contributed by atoms with van der Waals surface area (Å²) in [4.78, 5) is 6.42. The van der Waals surface area contributed by atoms with E-state index in [1.165, 1.54) is 18.4 Å². The van der Waals surface area contributed by atoms with Gasteiger partial charge in [0.25, 0.3) is 0 Å². The molecule has 0 heterocycles. The summed E-state index contributed by atoms with van der Waals surface area (Å²) in [6.45, 7) is 1.84. The molecule has 1 aromatic rings. The molecule has 19 heavy (non-hydrogen) atoms. The van der Waals surface area contributed by atoms with Crippen LogP contribution in [0, 0.1) is 5.92 Å². The van der Waals surface area contributed by atoms with Gasteiger partial charge in [0.1, 0.15) is 0 Å². The van der Waals surface area contributed by atoms with Crippen LogP contribution >= 0.6 is 35.6 Å². The molecule has 1 aliphatic rings. The molecule has 0 radical (unpaired) electrons. The summed E-state index contributed by atoms with van der Waals surface area (Å²) in [6.07, 6.45) is 2.70. The lowest BCUT2D eigenvalue weighted by Gasteiger charge is -2.22. The van der Waals surface area contributed by atoms with Crippen LogP contribution in [-0.4, -0.2) is 31.5 Å². The van der Waals surface area contributed by atoms with Gasteiger partial charge in [-0.25, -0.2) is 0 Å². The predicted molar refractivity (Wildman–Crippen MR) is 92.4 cm³/mol. The Morgan fingerprint density at radius 1 is 1.47 bits per heavy atom. The van der Waals surface area contributed by atoms with Gasteiger partial charge in [0.05, 0.1) is 0 Å². The average Bonchev–Trinajstić information content (AvgIpc) is 3.14. The van der Waals surface area contributed by atoms with Gasteiger partial charge in [0, 0.05) is 32.2 Å². The van der Waals surface area contributed by atoms with E-state index in [-0.39, 0.29) is 24.0 Å². The highest BCUT2D eigenvalue weighted by molar-refractivity contribution is 14.0. The smallest absolute Gasteiger partial charge is 0.193 e. The van der Waals surface area contributed by atoms with E-state index in [0.717, 1.165) is 30.0 Å². The molecule has 1 aromatic carbocycles. The molecule has 5 heteroatoms. The molecular formula is C14H21ClIN3. The molecule has 0 spiro atoms. The third-order valence-corrected chi connectivity index (χ3v) is 3.36. The zero-order valence-electron chi connectivity index (χ0n) is 11.4. The van der Waals surface area contributed by atoms with Crippen LogP contribution in [0.4, 0.5) is 0 Å². The van der Waals surface area contributed by atoms with Gasteiger partial charge < -0.3 is 10.2 Å². The van der Waals surface area contributed by atoms with Gasteiger partial charge >= 0.3 is 0 Å². The number of nitrogens with zero attached hydrogens (tertiary/aromatic N) is 2. The number of hydrogen-bond donors (Lipinski definition) is 1. The highest BCUT2D eigenvalue weighted by Crippen LogP contribution is 2.27. The monoisotopic (exact) mass is 393 g/mol. The minimum atomic E-state index is 0. The lowest BCUT2D eigenvalue weighted by molar-refractivity contribution is 0.474. The molecule has 1 saturated carbocycles. The second-order valence-electron chi connectivity index (χ2n) is 4.86. The highest BCUT2D eigenvalue weighted by atomic mass is 127. The Morgan fingerprint density at radius 3 is 2.79 bits per heavy atom. The summed E-state index contributed by atoms with van der Waals surface area (Å²) in [6, 6.07) is 7.94. The fraction of sp³-hybridized carbons (Fsp3) is 0.500. The van der Waals surface area contributed by atoms with Crippen molar-refractivity contribution in [3.8, 4) is 0 Å². The molecule has 1 aliphatic carbocycles. The van der Waals surface area contributed by atoms with E-state index < -0.39 is 0 Å². The lowest BCUT2D eigenvalue weighted by atomic mass is 10.2. The summed E-state index contributed by atoms with van der Waals surface area (Å²) in [5.41, 5.74) is 1.19. The summed E-state index contributed by atoms with van der Waals surface area (Å²) < 4.78 is 0. The molecule has 0 aliphatic heterocycles. The van der Waals surface area contributed by atoms with E-state index in [2.05, 4.69) is 21.3 Å². The largest absolute Gasteiger partial charge is 0.356 e. The number of aliphatic imine (C=N–C) groups is 1. The Labute approximate surface area is 137 Å². The highest BCUT2D eigenvalue weighted by Gasteiger charge is 2.21. The van der Waals surface area contributed by atoms with Crippen LogP contribution in [0.1, 0.15) is 18.4 Å². The van der Waals surface area contributed by atoms with Gasteiger partial charge in [-0.15, -0.1) is 24.0 Å². The fourth-order valence-electron chi connectivity index (χ4n) is 1.93. The first kappa shape index (κ1) is 16.6. The van der Waals surface area contributed by atoms with E-state index in [0.29, 0.717) is 0 Å². The minimum Gasteiger partial charge on any atom is -0.356 e. The quantitative estimate of drug-likeness (QED) is 0.482. The summed E-state index contributed by atoms with van der Waals surface area (Å²) in [5.74, 6) is 1.79. The topological polar surface area (TPSA) is 27.6 Å². The maximum atomic E-state index is 5.99. The van der Waals surface area contributed by atoms with E-state index in [9.17, 15) is 0 Å². The third-order valence-electron chi connectivity index (χ3n) is 3.13. The molecule has 0 saturated heterocycles. The van der Waals surface area contributed by atoms with Crippen molar-refractivity contribution in [3.05, 3.63) is 34.9 Å². The van der Waals surface area contributed by atoms with Crippen LogP contribution in [0.5, 0.6) is 0 Å². The number of benzene rings is 1. The van der Waals surface area contributed by atoms with Gasteiger partial charge in [-0.1, -0.05) is 23.7 Å². The molecule has 1 N–H and O–H groups in total. The number of rotatable bonds is 4. The Hall–Kier alpha value is -0.490. The molecule has 106 valence electrons. The molecular weight excluding hydrogens is 373 g/mol. The number of nitrogens with one attached hydrogen (secondary N) is 1. The standard InChI is InChI=1S/C14H20ClN3.HI/c1-16-14(17-9-11-6-7-11)18(2)10-12-4-3-5-13(15)8-12;/h3-5,8,11H,6-7,9-10H2,1-2H3,(H,16,17);1H. The maximum Gasteiger partial charge on any atom is 0.193 e. The third kappa shape index (κ3) is 5.57. The first-order valence-electron chi connectivity index (χ1n) is 6.35. The first-order chi connectivity index (χ1) is 8.69.